The number of aromatic nitrogens is 4. The van der Waals surface area contributed by atoms with Gasteiger partial charge in [-0.1, -0.05) is 43.3 Å². The summed E-state index contributed by atoms with van der Waals surface area (Å²) in [6.07, 6.45) is 0.486. The molecule has 2 heterocycles. The van der Waals surface area contributed by atoms with Gasteiger partial charge in [0.1, 0.15) is 0 Å². The van der Waals surface area contributed by atoms with E-state index in [1.807, 2.05) is 38.1 Å². The zero-order chi connectivity index (χ0) is 21.5. The van der Waals surface area contributed by atoms with E-state index in [4.69, 9.17) is 0 Å². The number of hydrogen-bond acceptors (Lipinski definition) is 6. The van der Waals surface area contributed by atoms with Crippen LogP contribution in [0.1, 0.15) is 24.6 Å². The third-order valence-electron chi connectivity index (χ3n) is 5.22. The topological polar surface area (TPSA) is 109 Å². The quantitative estimate of drug-likeness (QED) is 0.491. The molecule has 0 amide bonds. The lowest BCUT2D eigenvalue weighted by Crippen LogP contribution is -2.37. The lowest BCUT2D eigenvalue weighted by Gasteiger charge is -2.16. The van der Waals surface area contributed by atoms with Gasteiger partial charge in [-0.2, -0.15) is 9.61 Å². The summed E-state index contributed by atoms with van der Waals surface area (Å²) < 4.78 is 30.0. The van der Waals surface area contributed by atoms with E-state index in [9.17, 15) is 13.5 Å². The zero-order valence-electron chi connectivity index (χ0n) is 17.0. The minimum Gasteiger partial charge on any atom is -0.395 e. The predicted octanol–water partition coefficient (Wildman–Crippen LogP) is 2.61. The highest BCUT2D eigenvalue weighted by Gasteiger charge is 2.22. The van der Waals surface area contributed by atoms with Gasteiger partial charge in [0.2, 0.25) is 10.0 Å². The van der Waals surface area contributed by atoms with E-state index in [-0.39, 0.29) is 11.5 Å². The van der Waals surface area contributed by atoms with E-state index in [0.29, 0.717) is 29.0 Å². The number of aliphatic hydroxyl groups is 1. The van der Waals surface area contributed by atoms with Gasteiger partial charge in [-0.05, 0) is 31.9 Å². The largest absolute Gasteiger partial charge is 0.395 e. The number of nitrogens with one attached hydrogen (secondary N) is 1. The van der Waals surface area contributed by atoms with Gasteiger partial charge in [0.05, 0.1) is 17.2 Å². The van der Waals surface area contributed by atoms with Crippen molar-refractivity contribution in [3.05, 3.63) is 53.7 Å². The molecule has 0 aliphatic carbocycles. The first-order valence-electron chi connectivity index (χ1n) is 9.70. The fraction of sp³-hybridized carbons (Fsp3) is 0.286. The highest BCUT2D eigenvalue weighted by Crippen LogP contribution is 2.27. The van der Waals surface area contributed by atoms with Crippen molar-refractivity contribution in [2.24, 2.45) is 0 Å². The second-order valence-electron chi connectivity index (χ2n) is 7.28. The second-order valence-corrected chi connectivity index (χ2v) is 8.96. The second kappa shape index (κ2) is 7.75. The smallest absolute Gasteiger partial charge is 0.241 e. The maximum absolute atomic E-state index is 12.9. The molecule has 2 aromatic heterocycles. The Hall–Kier alpha value is -2.88. The lowest BCUT2D eigenvalue weighted by molar-refractivity contribution is 0.254. The van der Waals surface area contributed by atoms with Gasteiger partial charge < -0.3 is 5.11 Å². The van der Waals surface area contributed by atoms with Gasteiger partial charge in [-0.3, -0.25) is 0 Å². The molecule has 0 aliphatic rings. The Kier molecular flexibility index (Phi) is 5.27. The average Bonchev–Trinajstić information content (AvgIpc) is 3.16. The van der Waals surface area contributed by atoms with E-state index in [0.717, 1.165) is 16.5 Å². The van der Waals surface area contributed by atoms with Crippen LogP contribution >= 0.6 is 0 Å². The molecule has 0 bridgehead atoms. The Morgan fingerprint density at radius 2 is 1.83 bits per heavy atom. The first-order valence-corrected chi connectivity index (χ1v) is 11.2. The minimum atomic E-state index is -3.81. The lowest BCUT2D eigenvalue weighted by atomic mass is 10.1. The Balaban J connectivity index is 1.86. The molecule has 0 fully saturated rings. The molecule has 0 saturated carbocycles. The van der Waals surface area contributed by atoms with Crippen molar-refractivity contribution in [3.8, 4) is 11.4 Å². The summed E-state index contributed by atoms with van der Waals surface area (Å²) in [5.74, 6) is 0.463. The number of aliphatic hydroxyl groups excluding tert-OH is 1. The van der Waals surface area contributed by atoms with Gasteiger partial charge in [0, 0.05) is 22.4 Å². The highest BCUT2D eigenvalue weighted by molar-refractivity contribution is 7.89. The maximum Gasteiger partial charge on any atom is 0.241 e. The predicted molar refractivity (Wildman–Crippen MR) is 115 cm³/mol. The van der Waals surface area contributed by atoms with Gasteiger partial charge in [0.25, 0.3) is 0 Å². The molecule has 0 unspecified atom stereocenters. The molecule has 156 valence electrons. The molecule has 9 heteroatoms. The van der Waals surface area contributed by atoms with E-state index >= 15 is 0 Å². The van der Waals surface area contributed by atoms with Crippen LogP contribution in [0.15, 0.2) is 47.4 Å². The Morgan fingerprint density at radius 3 is 2.53 bits per heavy atom. The van der Waals surface area contributed by atoms with Crippen molar-refractivity contribution in [1.29, 1.82) is 0 Å². The average molecular weight is 426 g/mol. The summed E-state index contributed by atoms with van der Waals surface area (Å²) in [5, 5.41) is 24.5. The normalized spacial score (nSPS) is 13.2. The summed E-state index contributed by atoms with van der Waals surface area (Å²) in [6, 6.07) is 12.4. The maximum atomic E-state index is 12.9. The molecule has 4 aromatic rings. The van der Waals surface area contributed by atoms with Crippen molar-refractivity contribution < 1.29 is 13.5 Å². The molecule has 1 atom stereocenters. The molecular formula is C21H23N5O3S. The first-order chi connectivity index (χ1) is 14.4. The first kappa shape index (κ1) is 20.4. The minimum absolute atomic E-state index is 0.140. The Bertz CT molecular complexity index is 1340. The number of aryl methyl sites for hydroxylation is 2. The Labute approximate surface area is 174 Å². The van der Waals surface area contributed by atoms with Crippen LogP contribution in [0.4, 0.5) is 0 Å². The molecule has 30 heavy (non-hydrogen) atoms. The van der Waals surface area contributed by atoms with Crippen LogP contribution < -0.4 is 4.72 Å². The van der Waals surface area contributed by atoms with E-state index in [1.54, 1.807) is 29.6 Å². The van der Waals surface area contributed by atoms with E-state index < -0.39 is 16.1 Å². The van der Waals surface area contributed by atoms with Gasteiger partial charge >= 0.3 is 0 Å². The molecule has 0 saturated heterocycles. The van der Waals surface area contributed by atoms with Crippen LogP contribution in [0.2, 0.25) is 0 Å². The monoisotopic (exact) mass is 425 g/mol. The summed E-state index contributed by atoms with van der Waals surface area (Å²) in [4.78, 5) is 0.140. The van der Waals surface area contributed by atoms with Crippen molar-refractivity contribution >= 4 is 26.4 Å². The fourth-order valence-electron chi connectivity index (χ4n) is 3.48. The van der Waals surface area contributed by atoms with Gasteiger partial charge in [0.15, 0.2) is 11.5 Å². The van der Waals surface area contributed by atoms with Crippen LogP contribution in [0.3, 0.4) is 0 Å². The number of sulfonamides is 1. The number of hydrogen-bond donors (Lipinski definition) is 2. The van der Waals surface area contributed by atoms with E-state index in [1.165, 1.54) is 0 Å². The summed E-state index contributed by atoms with van der Waals surface area (Å²) >= 11 is 0. The van der Waals surface area contributed by atoms with E-state index in [2.05, 4.69) is 20.0 Å². The third-order valence-corrected chi connectivity index (χ3v) is 6.88. The molecule has 2 aromatic carbocycles. The Morgan fingerprint density at radius 1 is 1.10 bits per heavy atom. The molecular weight excluding hydrogens is 402 g/mol. The number of nitrogens with zero attached hydrogens (tertiary/aromatic N) is 4. The van der Waals surface area contributed by atoms with Crippen molar-refractivity contribution in [2.75, 3.05) is 6.61 Å². The van der Waals surface area contributed by atoms with Crippen molar-refractivity contribution in [1.82, 2.24) is 24.5 Å². The van der Waals surface area contributed by atoms with Gasteiger partial charge in [-0.25, -0.2) is 13.1 Å². The molecule has 0 aliphatic heterocycles. The summed E-state index contributed by atoms with van der Waals surface area (Å²) in [5.41, 5.74) is 2.63. The number of rotatable bonds is 6. The highest BCUT2D eigenvalue weighted by atomic mass is 32.2. The third kappa shape index (κ3) is 3.45. The fourth-order valence-corrected chi connectivity index (χ4v) is 5.06. The number of fused-ring (bicyclic) bond motifs is 3. The van der Waals surface area contributed by atoms with Crippen LogP contribution in [-0.4, -0.2) is 46.0 Å². The molecule has 0 radical (unpaired) electrons. The van der Waals surface area contributed by atoms with Crippen molar-refractivity contribution in [2.45, 2.75) is 38.1 Å². The summed E-state index contributed by atoms with van der Waals surface area (Å²) in [7, 11) is -3.81. The zero-order valence-corrected chi connectivity index (χ0v) is 17.8. The number of benzene rings is 2. The standard InChI is InChI=1S/C21H23N5O3S/c1-4-16(12-27)25-30(28,29)19-11-15(10-9-13(19)2)20-22-23-21-18-8-6-5-7-17(18)14(3)24-26(20)21/h5-11,16,25,27H,4,12H2,1-3H3/t16-/m1/s1. The SMILES string of the molecule is CC[C@H](CO)NS(=O)(=O)c1cc(-c2nnc3c4ccccc4c(C)nn23)ccc1C. The van der Waals surface area contributed by atoms with Crippen LogP contribution in [0.25, 0.3) is 27.8 Å². The molecule has 8 nitrogen and oxygen atoms in total. The molecule has 0 spiro atoms. The van der Waals surface area contributed by atoms with Crippen molar-refractivity contribution in [3.63, 3.8) is 0 Å². The van der Waals surface area contributed by atoms with Gasteiger partial charge in [-0.15, -0.1) is 10.2 Å². The molecule has 4 rings (SSSR count). The van der Waals surface area contributed by atoms with Crippen LogP contribution in [0.5, 0.6) is 0 Å². The van der Waals surface area contributed by atoms with Crippen LogP contribution in [-0.2, 0) is 10.0 Å². The van der Waals surface area contributed by atoms with Crippen LogP contribution in [0, 0.1) is 13.8 Å². The summed E-state index contributed by atoms with van der Waals surface area (Å²) in [6.45, 7) is 5.20. The molecule has 2 N–H and O–H groups in total.